The van der Waals surface area contributed by atoms with Crippen LogP contribution in [0.5, 0.6) is 11.5 Å². The van der Waals surface area contributed by atoms with Gasteiger partial charge in [-0.05, 0) is 36.5 Å². The van der Waals surface area contributed by atoms with E-state index in [4.69, 9.17) is 14.2 Å². The highest BCUT2D eigenvalue weighted by molar-refractivity contribution is 5.46. The van der Waals surface area contributed by atoms with Crippen LogP contribution in [0.25, 0.3) is 0 Å². The number of rotatable bonds is 8. The molecule has 4 heteroatoms. The van der Waals surface area contributed by atoms with Crippen molar-refractivity contribution in [3.8, 4) is 11.5 Å². The van der Waals surface area contributed by atoms with Crippen molar-refractivity contribution < 1.29 is 14.2 Å². The zero-order valence-corrected chi connectivity index (χ0v) is 13.6. The van der Waals surface area contributed by atoms with Gasteiger partial charge in [-0.2, -0.15) is 0 Å². The lowest BCUT2D eigenvalue weighted by molar-refractivity contribution is 0.127. The van der Waals surface area contributed by atoms with Gasteiger partial charge in [-0.15, -0.1) is 0 Å². The van der Waals surface area contributed by atoms with E-state index in [-0.39, 0.29) is 5.41 Å². The van der Waals surface area contributed by atoms with Crippen LogP contribution in [0.15, 0.2) is 18.2 Å². The molecule has 0 bridgehead atoms. The summed E-state index contributed by atoms with van der Waals surface area (Å²) in [5, 5.41) is 3.53. The molecule has 0 radical (unpaired) electrons. The molecule has 0 spiro atoms. The minimum Gasteiger partial charge on any atom is -0.493 e. The van der Waals surface area contributed by atoms with E-state index in [0.29, 0.717) is 5.92 Å². The molecule has 0 aliphatic heterocycles. The van der Waals surface area contributed by atoms with Gasteiger partial charge in [0, 0.05) is 25.6 Å². The van der Waals surface area contributed by atoms with Crippen molar-refractivity contribution in [2.45, 2.75) is 25.2 Å². The molecule has 1 aliphatic carbocycles. The Balaban J connectivity index is 2.18. The van der Waals surface area contributed by atoms with Crippen LogP contribution in [0.1, 0.15) is 25.3 Å². The number of nitrogens with one attached hydrogen (secondary N) is 1. The second-order valence-corrected chi connectivity index (χ2v) is 5.84. The SMILES string of the molecule is COCCNCC1(c2ccc(OC)c(OC)c2)CCC1C. The van der Waals surface area contributed by atoms with E-state index in [2.05, 4.69) is 24.4 Å². The Morgan fingerprint density at radius 3 is 2.48 bits per heavy atom. The summed E-state index contributed by atoms with van der Waals surface area (Å²) in [5.74, 6) is 2.27. The Labute approximate surface area is 127 Å². The van der Waals surface area contributed by atoms with Crippen molar-refractivity contribution in [1.29, 1.82) is 0 Å². The largest absolute Gasteiger partial charge is 0.493 e. The maximum absolute atomic E-state index is 5.45. The standard InChI is InChI=1S/C17H27NO3/c1-13-7-8-17(13,12-18-9-10-19-2)14-5-6-15(20-3)16(11-14)21-4/h5-6,11,13,18H,7-10,12H2,1-4H3. The zero-order valence-electron chi connectivity index (χ0n) is 13.6. The quantitative estimate of drug-likeness (QED) is 0.748. The van der Waals surface area contributed by atoms with E-state index >= 15 is 0 Å². The molecule has 0 heterocycles. The van der Waals surface area contributed by atoms with Crippen molar-refractivity contribution >= 4 is 0 Å². The van der Waals surface area contributed by atoms with E-state index in [0.717, 1.165) is 31.2 Å². The van der Waals surface area contributed by atoms with E-state index in [1.165, 1.54) is 18.4 Å². The van der Waals surface area contributed by atoms with Crippen molar-refractivity contribution in [3.63, 3.8) is 0 Å². The van der Waals surface area contributed by atoms with Gasteiger partial charge in [-0.1, -0.05) is 13.0 Å². The van der Waals surface area contributed by atoms with Crippen molar-refractivity contribution in [1.82, 2.24) is 5.32 Å². The zero-order chi connectivity index (χ0) is 15.3. The predicted molar refractivity (Wildman–Crippen MR) is 84.4 cm³/mol. The molecule has 0 saturated heterocycles. The topological polar surface area (TPSA) is 39.7 Å². The van der Waals surface area contributed by atoms with Gasteiger partial charge in [0.1, 0.15) is 0 Å². The van der Waals surface area contributed by atoms with Gasteiger partial charge < -0.3 is 19.5 Å². The fraction of sp³-hybridized carbons (Fsp3) is 0.647. The third-order valence-corrected chi connectivity index (χ3v) is 4.85. The number of benzene rings is 1. The van der Waals surface area contributed by atoms with E-state index in [1.54, 1.807) is 21.3 Å². The summed E-state index contributed by atoms with van der Waals surface area (Å²) in [7, 11) is 5.10. The van der Waals surface area contributed by atoms with Crippen molar-refractivity contribution in [2.75, 3.05) is 41.0 Å². The number of hydrogen-bond acceptors (Lipinski definition) is 4. The highest BCUT2D eigenvalue weighted by Gasteiger charge is 2.45. The van der Waals surface area contributed by atoms with Gasteiger partial charge in [0.05, 0.1) is 20.8 Å². The fourth-order valence-electron chi connectivity index (χ4n) is 3.21. The fourth-order valence-corrected chi connectivity index (χ4v) is 3.21. The van der Waals surface area contributed by atoms with E-state index in [9.17, 15) is 0 Å². The Kier molecular flexibility index (Phi) is 5.48. The molecule has 1 fully saturated rings. The van der Waals surface area contributed by atoms with Gasteiger partial charge in [0.25, 0.3) is 0 Å². The molecule has 2 rings (SSSR count). The molecule has 0 aromatic heterocycles. The Morgan fingerprint density at radius 2 is 1.95 bits per heavy atom. The first-order valence-electron chi connectivity index (χ1n) is 7.60. The number of hydrogen-bond donors (Lipinski definition) is 1. The highest BCUT2D eigenvalue weighted by Crippen LogP contribution is 2.49. The summed E-state index contributed by atoms with van der Waals surface area (Å²) >= 11 is 0. The summed E-state index contributed by atoms with van der Waals surface area (Å²) in [6.45, 7) is 4.94. The van der Waals surface area contributed by atoms with Crippen LogP contribution in [-0.4, -0.2) is 41.0 Å². The summed E-state index contributed by atoms with van der Waals surface area (Å²) < 4.78 is 15.9. The van der Waals surface area contributed by atoms with Crippen LogP contribution >= 0.6 is 0 Å². The van der Waals surface area contributed by atoms with Crippen LogP contribution < -0.4 is 14.8 Å². The molecule has 1 N–H and O–H groups in total. The third-order valence-electron chi connectivity index (χ3n) is 4.85. The van der Waals surface area contributed by atoms with Gasteiger partial charge in [0.15, 0.2) is 11.5 Å². The van der Waals surface area contributed by atoms with Crippen LogP contribution in [0.3, 0.4) is 0 Å². The molecular formula is C17H27NO3. The lowest BCUT2D eigenvalue weighted by atomic mass is 9.57. The Hall–Kier alpha value is -1.26. The van der Waals surface area contributed by atoms with Gasteiger partial charge >= 0.3 is 0 Å². The van der Waals surface area contributed by atoms with Gasteiger partial charge in [-0.3, -0.25) is 0 Å². The van der Waals surface area contributed by atoms with Crippen LogP contribution in [0, 0.1) is 5.92 Å². The lowest BCUT2D eigenvalue weighted by Crippen LogP contribution is -2.50. The predicted octanol–water partition coefficient (Wildman–Crippen LogP) is 2.61. The first kappa shape index (κ1) is 16.1. The molecular weight excluding hydrogens is 266 g/mol. The first-order chi connectivity index (χ1) is 10.2. The Morgan fingerprint density at radius 1 is 1.19 bits per heavy atom. The van der Waals surface area contributed by atoms with Crippen LogP contribution in [-0.2, 0) is 10.2 Å². The third kappa shape index (κ3) is 3.16. The summed E-state index contributed by atoms with van der Waals surface area (Å²) in [6, 6.07) is 6.32. The smallest absolute Gasteiger partial charge is 0.161 e. The van der Waals surface area contributed by atoms with Crippen molar-refractivity contribution in [3.05, 3.63) is 23.8 Å². The minimum absolute atomic E-state index is 0.202. The summed E-state index contributed by atoms with van der Waals surface area (Å²) in [6.07, 6.45) is 2.49. The molecule has 1 aromatic rings. The molecule has 118 valence electrons. The van der Waals surface area contributed by atoms with E-state index in [1.807, 2.05) is 6.07 Å². The lowest BCUT2D eigenvalue weighted by Gasteiger charge is -2.49. The molecule has 0 amide bonds. The number of methoxy groups -OCH3 is 3. The maximum Gasteiger partial charge on any atom is 0.161 e. The van der Waals surface area contributed by atoms with E-state index < -0.39 is 0 Å². The highest BCUT2D eigenvalue weighted by atomic mass is 16.5. The minimum atomic E-state index is 0.202. The normalized spacial score (nSPS) is 24.5. The van der Waals surface area contributed by atoms with Gasteiger partial charge in [-0.25, -0.2) is 0 Å². The molecule has 1 aliphatic rings. The average Bonchev–Trinajstić information content (AvgIpc) is 2.52. The monoisotopic (exact) mass is 293 g/mol. The first-order valence-corrected chi connectivity index (χ1v) is 7.60. The van der Waals surface area contributed by atoms with Crippen LogP contribution in [0.2, 0.25) is 0 Å². The summed E-state index contributed by atoms with van der Waals surface area (Å²) in [4.78, 5) is 0. The summed E-state index contributed by atoms with van der Waals surface area (Å²) in [5.41, 5.74) is 1.54. The van der Waals surface area contributed by atoms with Crippen molar-refractivity contribution in [2.24, 2.45) is 5.92 Å². The van der Waals surface area contributed by atoms with Gasteiger partial charge in [0.2, 0.25) is 0 Å². The maximum atomic E-state index is 5.45. The molecule has 2 unspecified atom stereocenters. The average molecular weight is 293 g/mol. The molecule has 21 heavy (non-hydrogen) atoms. The second kappa shape index (κ2) is 7.14. The van der Waals surface area contributed by atoms with Crippen LogP contribution in [0.4, 0.5) is 0 Å². The second-order valence-electron chi connectivity index (χ2n) is 5.84. The number of ether oxygens (including phenoxy) is 3. The molecule has 2 atom stereocenters. The molecule has 1 aromatic carbocycles. The Bertz CT molecular complexity index is 463. The molecule has 1 saturated carbocycles. The molecule has 4 nitrogen and oxygen atoms in total.